The second-order valence-electron chi connectivity index (χ2n) is 5.38. The number of benzene rings is 2. The zero-order valence-corrected chi connectivity index (χ0v) is 13.6. The highest BCUT2D eigenvalue weighted by molar-refractivity contribution is 9.08. The van der Waals surface area contributed by atoms with Crippen molar-refractivity contribution in [1.82, 2.24) is 0 Å². The van der Waals surface area contributed by atoms with Crippen molar-refractivity contribution in [3.63, 3.8) is 0 Å². The maximum Gasteiger partial charge on any atom is 0.131 e. The van der Waals surface area contributed by atoms with Crippen molar-refractivity contribution in [2.24, 2.45) is 0 Å². The van der Waals surface area contributed by atoms with E-state index in [1.165, 1.54) is 30.0 Å². The van der Waals surface area contributed by atoms with Crippen LogP contribution in [0.5, 0.6) is 5.75 Å². The van der Waals surface area contributed by atoms with Gasteiger partial charge in [-0.3, -0.25) is 0 Å². The summed E-state index contributed by atoms with van der Waals surface area (Å²) in [5.41, 5.74) is 3.98. The first-order chi connectivity index (χ1) is 10.2. The van der Waals surface area contributed by atoms with Gasteiger partial charge in [0.25, 0.3) is 0 Å². The average Bonchev–Trinajstić information content (AvgIpc) is 3.32. The van der Waals surface area contributed by atoms with Crippen LogP contribution in [0.1, 0.15) is 36.8 Å². The normalized spacial score (nSPS) is 14.2. The van der Waals surface area contributed by atoms with Crippen molar-refractivity contribution in [2.45, 2.75) is 31.0 Å². The molecule has 1 nitrogen and oxygen atoms in total. The minimum atomic E-state index is -0.188. The minimum Gasteiger partial charge on any atom is -0.493 e. The Labute approximate surface area is 133 Å². The Morgan fingerprint density at radius 3 is 2.62 bits per heavy atom. The average molecular weight is 349 g/mol. The highest BCUT2D eigenvalue weighted by Gasteiger charge is 2.29. The van der Waals surface area contributed by atoms with Crippen LogP contribution in [0.25, 0.3) is 11.1 Å². The largest absolute Gasteiger partial charge is 0.493 e. The molecule has 1 fully saturated rings. The Morgan fingerprint density at radius 1 is 1.24 bits per heavy atom. The van der Waals surface area contributed by atoms with Gasteiger partial charge >= 0.3 is 0 Å². The third-order valence-electron chi connectivity index (χ3n) is 3.81. The van der Waals surface area contributed by atoms with Crippen molar-refractivity contribution < 1.29 is 9.13 Å². The van der Waals surface area contributed by atoms with E-state index in [1.54, 1.807) is 6.07 Å². The molecule has 0 N–H and O–H groups in total. The molecule has 0 saturated heterocycles. The molecule has 2 aromatic rings. The first kappa shape index (κ1) is 14.6. The molecule has 1 aliphatic rings. The Balaban J connectivity index is 2.22. The van der Waals surface area contributed by atoms with E-state index in [4.69, 9.17) is 4.74 Å². The van der Waals surface area contributed by atoms with Crippen molar-refractivity contribution >= 4 is 15.9 Å². The summed E-state index contributed by atoms with van der Waals surface area (Å²) in [7, 11) is 0. The number of hydrogen-bond acceptors (Lipinski definition) is 1. The van der Waals surface area contributed by atoms with E-state index in [1.807, 2.05) is 25.1 Å². The van der Waals surface area contributed by atoms with Crippen molar-refractivity contribution in [3.05, 3.63) is 53.3 Å². The fraction of sp³-hybridized carbons (Fsp3) is 0.333. The molecule has 1 aliphatic carbocycles. The van der Waals surface area contributed by atoms with Crippen LogP contribution in [-0.2, 0) is 5.33 Å². The Kier molecular flexibility index (Phi) is 4.29. The number of rotatable bonds is 5. The summed E-state index contributed by atoms with van der Waals surface area (Å²) in [5.74, 6) is 1.14. The van der Waals surface area contributed by atoms with Gasteiger partial charge in [0.15, 0.2) is 0 Å². The highest BCUT2D eigenvalue weighted by atomic mass is 79.9. The minimum absolute atomic E-state index is 0.188. The molecule has 0 amide bonds. The van der Waals surface area contributed by atoms with Gasteiger partial charge in [-0.25, -0.2) is 4.39 Å². The molecule has 0 unspecified atom stereocenters. The zero-order valence-electron chi connectivity index (χ0n) is 12.0. The van der Waals surface area contributed by atoms with Crippen LogP contribution in [0.2, 0.25) is 0 Å². The summed E-state index contributed by atoms with van der Waals surface area (Å²) in [6.07, 6.45) is 2.36. The molecule has 0 aliphatic heterocycles. The van der Waals surface area contributed by atoms with Gasteiger partial charge in [-0.2, -0.15) is 0 Å². The molecule has 0 atom stereocenters. The lowest BCUT2D eigenvalue weighted by Crippen LogP contribution is -2.00. The lowest BCUT2D eigenvalue weighted by Gasteiger charge is -2.17. The van der Waals surface area contributed by atoms with Gasteiger partial charge in [0, 0.05) is 16.5 Å². The van der Waals surface area contributed by atoms with Crippen LogP contribution in [0, 0.1) is 5.82 Å². The predicted molar refractivity (Wildman–Crippen MR) is 87.6 cm³/mol. The van der Waals surface area contributed by atoms with E-state index in [0.29, 0.717) is 18.1 Å². The quantitative estimate of drug-likeness (QED) is 0.633. The van der Waals surface area contributed by atoms with E-state index in [9.17, 15) is 4.39 Å². The van der Waals surface area contributed by atoms with Crippen molar-refractivity contribution in [2.75, 3.05) is 6.61 Å². The molecule has 0 bridgehead atoms. The summed E-state index contributed by atoms with van der Waals surface area (Å²) in [6, 6.07) is 11.2. The fourth-order valence-electron chi connectivity index (χ4n) is 2.71. The molecule has 21 heavy (non-hydrogen) atoms. The van der Waals surface area contributed by atoms with E-state index in [0.717, 1.165) is 16.6 Å². The summed E-state index contributed by atoms with van der Waals surface area (Å²) >= 11 is 3.51. The summed E-state index contributed by atoms with van der Waals surface area (Å²) in [5, 5.41) is 0.782. The van der Waals surface area contributed by atoms with Gasteiger partial charge in [0.2, 0.25) is 0 Å². The van der Waals surface area contributed by atoms with E-state index >= 15 is 0 Å². The van der Waals surface area contributed by atoms with Crippen molar-refractivity contribution in [3.8, 4) is 16.9 Å². The number of halogens is 2. The molecule has 2 aromatic carbocycles. The summed E-state index contributed by atoms with van der Waals surface area (Å²) in [6.45, 7) is 2.54. The number of hydrogen-bond donors (Lipinski definition) is 0. The second kappa shape index (κ2) is 6.18. The van der Waals surface area contributed by atoms with E-state index in [-0.39, 0.29) is 5.82 Å². The fourth-order valence-corrected chi connectivity index (χ4v) is 3.04. The lowest BCUT2D eigenvalue weighted by molar-refractivity contribution is 0.341. The second-order valence-corrected chi connectivity index (χ2v) is 5.94. The SMILES string of the molecule is CCOc1cc(CBr)cc(C2CC2)c1-c1ccccc1F. The Morgan fingerprint density at radius 2 is 2.00 bits per heavy atom. The zero-order chi connectivity index (χ0) is 14.8. The molecule has 3 rings (SSSR count). The van der Waals surface area contributed by atoms with E-state index in [2.05, 4.69) is 22.0 Å². The third-order valence-corrected chi connectivity index (χ3v) is 4.45. The molecule has 3 heteroatoms. The molecule has 0 spiro atoms. The smallest absolute Gasteiger partial charge is 0.131 e. The van der Waals surface area contributed by atoms with Gasteiger partial charge in [-0.05, 0) is 48.9 Å². The molecule has 0 heterocycles. The van der Waals surface area contributed by atoms with Gasteiger partial charge in [0.1, 0.15) is 11.6 Å². The molecule has 0 radical (unpaired) electrons. The monoisotopic (exact) mass is 348 g/mol. The van der Waals surface area contributed by atoms with Crippen LogP contribution in [0.3, 0.4) is 0 Å². The molecular weight excluding hydrogens is 331 g/mol. The van der Waals surface area contributed by atoms with Gasteiger partial charge in [-0.15, -0.1) is 0 Å². The van der Waals surface area contributed by atoms with Crippen LogP contribution >= 0.6 is 15.9 Å². The Hall–Kier alpha value is -1.35. The summed E-state index contributed by atoms with van der Waals surface area (Å²) < 4.78 is 20.1. The highest BCUT2D eigenvalue weighted by Crippen LogP contribution is 2.48. The lowest BCUT2D eigenvalue weighted by atomic mass is 9.93. The predicted octanol–water partition coefficient (Wildman–Crippen LogP) is 5.66. The maximum absolute atomic E-state index is 14.3. The van der Waals surface area contributed by atoms with Crippen LogP contribution in [-0.4, -0.2) is 6.61 Å². The topological polar surface area (TPSA) is 9.23 Å². The molecule has 110 valence electrons. The maximum atomic E-state index is 14.3. The Bertz CT molecular complexity index is 650. The summed E-state index contributed by atoms with van der Waals surface area (Å²) in [4.78, 5) is 0. The first-order valence-electron chi connectivity index (χ1n) is 7.35. The van der Waals surface area contributed by atoms with E-state index < -0.39 is 0 Å². The van der Waals surface area contributed by atoms with Crippen LogP contribution in [0.15, 0.2) is 36.4 Å². The first-order valence-corrected chi connectivity index (χ1v) is 8.47. The van der Waals surface area contributed by atoms with Gasteiger partial charge in [0.05, 0.1) is 6.61 Å². The number of alkyl halides is 1. The molecule has 1 saturated carbocycles. The van der Waals surface area contributed by atoms with Gasteiger partial charge < -0.3 is 4.74 Å². The number of ether oxygens (including phenoxy) is 1. The molecular formula is C18H18BrFO. The van der Waals surface area contributed by atoms with Crippen molar-refractivity contribution in [1.29, 1.82) is 0 Å². The van der Waals surface area contributed by atoms with Gasteiger partial charge in [-0.1, -0.05) is 40.2 Å². The van der Waals surface area contributed by atoms with Crippen LogP contribution in [0.4, 0.5) is 4.39 Å². The molecule has 0 aromatic heterocycles. The standard InChI is InChI=1S/C18H18BrFO/c1-2-21-17-10-12(11-19)9-15(13-7-8-13)18(17)14-5-3-4-6-16(14)20/h3-6,9-10,13H,2,7-8,11H2,1H3. The van der Waals surface area contributed by atoms with Crippen LogP contribution < -0.4 is 4.74 Å². The third kappa shape index (κ3) is 2.98.